The second-order valence-corrected chi connectivity index (χ2v) is 16.0. The molecule has 5 saturated heterocycles. The number of nitrogens with one attached hydrogen (secondary N) is 2. The Morgan fingerprint density at radius 3 is 2.33 bits per heavy atom. The standard InChI is InChI=1S/C40H45N11O6/c1-46-13-14-50(40(46)57)28-3-2-12-48(22-28)32-16-42-34(35(41)53)36(44-32)43-26-5-7-27(8-6-26)49-20-24-18-47(19-25(24)21-49)17-23-4-9-29-30(15-23)39(56)51(38(29)55)31-10-11-33(52)45-37(31)54/h4-9,15-16,24-25,28,31H,2-3,10-14,17-22H2,1H3,(H2,41,53)(H,43,44)(H,45,52,54)/t24?,25?,28-,31?/m1/s1. The Balaban J connectivity index is 0.808. The van der Waals surface area contributed by atoms with Crippen LogP contribution in [0.1, 0.15) is 62.5 Å². The third-order valence-corrected chi connectivity index (χ3v) is 12.4. The molecule has 3 unspecified atom stereocenters. The first-order chi connectivity index (χ1) is 27.5. The molecule has 1 aromatic heterocycles. The van der Waals surface area contributed by atoms with Crippen LogP contribution in [0.5, 0.6) is 0 Å². The van der Waals surface area contributed by atoms with Crippen LogP contribution in [-0.2, 0) is 16.1 Å². The van der Waals surface area contributed by atoms with Gasteiger partial charge in [-0.15, -0.1) is 0 Å². The monoisotopic (exact) mass is 775 g/mol. The quantitative estimate of drug-likeness (QED) is 0.266. The van der Waals surface area contributed by atoms with Gasteiger partial charge in [-0.3, -0.25) is 39.1 Å². The van der Waals surface area contributed by atoms with Gasteiger partial charge in [-0.1, -0.05) is 6.07 Å². The fourth-order valence-corrected chi connectivity index (χ4v) is 9.42. The van der Waals surface area contributed by atoms with Crippen LogP contribution in [0.2, 0.25) is 0 Å². The van der Waals surface area contributed by atoms with Crippen LogP contribution in [0.15, 0.2) is 48.7 Å². The van der Waals surface area contributed by atoms with E-state index in [9.17, 15) is 28.8 Å². The number of hydrogen-bond acceptors (Lipinski definition) is 12. The second-order valence-electron chi connectivity index (χ2n) is 16.0. The third kappa shape index (κ3) is 6.79. The number of urea groups is 1. The zero-order valence-electron chi connectivity index (χ0n) is 31.7. The van der Waals surface area contributed by atoms with Crippen LogP contribution in [-0.4, -0.2) is 137 Å². The van der Waals surface area contributed by atoms with E-state index < -0.39 is 35.6 Å². The molecule has 3 aromatic rings. The molecule has 5 fully saturated rings. The molecule has 17 heteroatoms. The van der Waals surface area contributed by atoms with Gasteiger partial charge in [-0.25, -0.2) is 14.8 Å². The number of primary amides is 1. The Hall–Kier alpha value is -6.10. The molecule has 4 N–H and O–H groups in total. The summed E-state index contributed by atoms with van der Waals surface area (Å²) in [4.78, 5) is 96.3. The fourth-order valence-electron chi connectivity index (χ4n) is 9.42. The van der Waals surface area contributed by atoms with E-state index in [4.69, 9.17) is 10.7 Å². The summed E-state index contributed by atoms with van der Waals surface area (Å²) in [6, 6.07) is 12.5. The summed E-state index contributed by atoms with van der Waals surface area (Å²) in [5.74, 6) is -0.832. The highest BCUT2D eigenvalue weighted by Crippen LogP contribution is 2.36. The van der Waals surface area contributed by atoms with E-state index in [1.807, 2.05) is 30.1 Å². The smallest absolute Gasteiger partial charge is 0.320 e. The number of carbonyl (C=O) groups excluding carboxylic acids is 6. The van der Waals surface area contributed by atoms with E-state index in [-0.39, 0.29) is 42.0 Å². The molecule has 4 atom stereocenters. The van der Waals surface area contributed by atoms with Gasteiger partial charge in [-0.2, -0.15) is 0 Å². The second kappa shape index (κ2) is 14.4. The average Bonchev–Trinajstić information content (AvgIpc) is 3.93. The molecular formula is C40H45N11O6. The lowest BCUT2D eigenvalue weighted by Gasteiger charge is -2.37. The van der Waals surface area contributed by atoms with Crippen LogP contribution in [0.3, 0.4) is 0 Å². The molecule has 17 nitrogen and oxygen atoms in total. The van der Waals surface area contributed by atoms with Crippen molar-refractivity contribution < 1.29 is 28.8 Å². The van der Waals surface area contributed by atoms with E-state index in [1.54, 1.807) is 23.2 Å². The highest BCUT2D eigenvalue weighted by atomic mass is 16.2. The highest BCUT2D eigenvalue weighted by Gasteiger charge is 2.45. The lowest BCUT2D eigenvalue weighted by Crippen LogP contribution is -2.54. The summed E-state index contributed by atoms with van der Waals surface area (Å²) < 4.78 is 0. The van der Waals surface area contributed by atoms with Crippen LogP contribution in [0, 0.1) is 11.8 Å². The van der Waals surface area contributed by atoms with E-state index in [0.717, 1.165) is 73.9 Å². The van der Waals surface area contributed by atoms with Crippen molar-refractivity contribution in [3.8, 4) is 0 Å². The number of fused-ring (bicyclic) bond motifs is 2. The number of likely N-dealkylation sites (N-methyl/N-ethyl adjacent to an activating group) is 1. The van der Waals surface area contributed by atoms with Crippen LogP contribution in [0.4, 0.5) is 27.8 Å². The first-order valence-corrected chi connectivity index (χ1v) is 19.6. The molecule has 7 heterocycles. The van der Waals surface area contributed by atoms with Gasteiger partial charge in [0.15, 0.2) is 11.5 Å². The molecule has 0 spiro atoms. The molecule has 296 valence electrons. The Morgan fingerprint density at radius 2 is 1.63 bits per heavy atom. The third-order valence-electron chi connectivity index (χ3n) is 12.4. The van der Waals surface area contributed by atoms with Crippen molar-refractivity contribution in [3.63, 3.8) is 0 Å². The summed E-state index contributed by atoms with van der Waals surface area (Å²) in [5.41, 5.74) is 9.12. The Morgan fingerprint density at radius 1 is 0.877 bits per heavy atom. The molecule has 0 radical (unpaired) electrons. The summed E-state index contributed by atoms with van der Waals surface area (Å²) in [6.07, 6.45) is 3.62. The number of hydrogen-bond donors (Lipinski definition) is 3. The number of carbonyl (C=O) groups is 6. The maximum absolute atomic E-state index is 13.3. The minimum atomic E-state index is -0.982. The SMILES string of the molecule is CN1CCN([C@@H]2CCCN(c3cnc(C(N)=O)c(Nc4ccc(N5CC6CN(Cc7ccc8c(c7)C(=O)N(C7CCC(=O)NC7=O)C8=O)CC6C5)cc4)n3)C2)C1=O. The zero-order chi connectivity index (χ0) is 39.5. The van der Waals surface area contributed by atoms with Gasteiger partial charge in [0.05, 0.1) is 23.4 Å². The summed E-state index contributed by atoms with van der Waals surface area (Å²) >= 11 is 0. The van der Waals surface area contributed by atoms with Crippen molar-refractivity contribution in [2.75, 3.05) is 74.5 Å². The van der Waals surface area contributed by atoms with E-state index >= 15 is 0 Å². The van der Waals surface area contributed by atoms with Crippen molar-refractivity contribution in [1.82, 2.24) is 34.9 Å². The summed E-state index contributed by atoms with van der Waals surface area (Å²) in [5, 5.41) is 5.51. The van der Waals surface area contributed by atoms with Crippen molar-refractivity contribution in [1.29, 1.82) is 0 Å². The average molecular weight is 776 g/mol. The number of nitrogens with zero attached hydrogens (tertiary/aromatic N) is 8. The normalized spacial score (nSPS) is 25.1. The first-order valence-electron chi connectivity index (χ1n) is 19.6. The van der Waals surface area contributed by atoms with Gasteiger partial charge >= 0.3 is 6.03 Å². The highest BCUT2D eigenvalue weighted by molar-refractivity contribution is 6.23. The molecule has 6 aliphatic heterocycles. The minimum absolute atomic E-state index is 0.0525. The molecule has 57 heavy (non-hydrogen) atoms. The minimum Gasteiger partial charge on any atom is -0.371 e. The topological polar surface area (TPSA) is 198 Å². The largest absolute Gasteiger partial charge is 0.371 e. The summed E-state index contributed by atoms with van der Waals surface area (Å²) in [7, 11) is 1.82. The van der Waals surface area contributed by atoms with Gasteiger partial charge in [0.1, 0.15) is 11.9 Å². The summed E-state index contributed by atoms with van der Waals surface area (Å²) in [6.45, 7) is 7.10. The predicted molar refractivity (Wildman–Crippen MR) is 208 cm³/mol. The number of aromatic nitrogens is 2. The lowest BCUT2D eigenvalue weighted by molar-refractivity contribution is -0.136. The van der Waals surface area contributed by atoms with Gasteiger partial charge in [0, 0.05) is 83.7 Å². The fraction of sp³-hybridized carbons (Fsp3) is 0.450. The number of rotatable bonds is 9. The Labute approximate surface area is 329 Å². The Kier molecular flexibility index (Phi) is 9.26. The molecular weight excluding hydrogens is 731 g/mol. The molecule has 7 amide bonds. The van der Waals surface area contributed by atoms with Crippen molar-refractivity contribution in [3.05, 3.63) is 71.0 Å². The van der Waals surface area contributed by atoms with E-state index in [1.165, 1.54) is 0 Å². The van der Waals surface area contributed by atoms with Gasteiger partial charge < -0.3 is 30.7 Å². The number of piperidine rings is 2. The molecule has 0 saturated carbocycles. The van der Waals surface area contributed by atoms with Gasteiger partial charge in [0.2, 0.25) is 11.8 Å². The van der Waals surface area contributed by atoms with Crippen LogP contribution >= 0.6 is 0 Å². The zero-order valence-corrected chi connectivity index (χ0v) is 31.7. The molecule has 6 aliphatic rings. The van der Waals surface area contributed by atoms with Crippen molar-refractivity contribution in [2.24, 2.45) is 17.6 Å². The molecule has 0 bridgehead atoms. The predicted octanol–water partition coefficient (Wildman–Crippen LogP) is 1.62. The van der Waals surface area contributed by atoms with E-state index in [0.29, 0.717) is 42.9 Å². The molecule has 2 aromatic carbocycles. The maximum atomic E-state index is 13.3. The number of amides is 7. The molecule has 9 rings (SSSR count). The number of imide groups is 2. The lowest BCUT2D eigenvalue weighted by atomic mass is 10.0. The Bertz CT molecular complexity index is 2170. The van der Waals surface area contributed by atoms with Gasteiger partial charge in [-0.05, 0) is 73.1 Å². The van der Waals surface area contributed by atoms with Gasteiger partial charge in [0.25, 0.3) is 17.7 Å². The number of benzene rings is 2. The number of nitrogens with two attached hydrogens (primary N) is 1. The van der Waals surface area contributed by atoms with Crippen LogP contribution < -0.4 is 26.2 Å². The van der Waals surface area contributed by atoms with Crippen LogP contribution in [0.25, 0.3) is 0 Å². The number of anilines is 4. The van der Waals surface area contributed by atoms with Crippen molar-refractivity contribution >= 4 is 58.6 Å². The first kappa shape index (κ1) is 36.5. The maximum Gasteiger partial charge on any atom is 0.320 e. The van der Waals surface area contributed by atoms with Crippen molar-refractivity contribution in [2.45, 2.75) is 44.3 Å². The molecule has 0 aliphatic carbocycles. The van der Waals surface area contributed by atoms with E-state index in [2.05, 4.69) is 42.5 Å². The number of likely N-dealkylation sites (tertiary alicyclic amines) is 1.